The maximum absolute atomic E-state index is 9.70. The van der Waals surface area contributed by atoms with Crippen LogP contribution in [0.2, 0.25) is 0 Å². The summed E-state index contributed by atoms with van der Waals surface area (Å²) in [6.45, 7) is 4.92. The predicted molar refractivity (Wildman–Crippen MR) is 116 cm³/mol. The van der Waals surface area contributed by atoms with Gasteiger partial charge in [0.1, 0.15) is 11.4 Å². The largest absolute Gasteiger partial charge is 0.497 e. The van der Waals surface area contributed by atoms with Crippen LogP contribution in [0, 0.1) is 0 Å². The first-order valence-corrected chi connectivity index (χ1v) is 10.8. The van der Waals surface area contributed by atoms with Gasteiger partial charge in [-0.3, -0.25) is 0 Å². The highest BCUT2D eigenvalue weighted by Gasteiger charge is 2.55. The third-order valence-corrected chi connectivity index (χ3v) is 6.36. The third-order valence-electron chi connectivity index (χ3n) is 6.36. The zero-order valence-corrected chi connectivity index (χ0v) is 18.5. The van der Waals surface area contributed by atoms with Crippen LogP contribution < -0.4 is 4.74 Å². The fourth-order valence-electron chi connectivity index (χ4n) is 4.49. The number of methoxy groups -OCH3 is 1. The Hall–Kier alpha value is -1.96. The van der Waals surface area contributed by atoms with Crippen LogP contribution in [-0.2, 0) is 25.6 Å². The molecule has 6 heteroatoms. The van der Waals surface area contributed by atoms with E-state index in [1.165, 1.54) is 0 Å². The minimum absolute atomic E-state index is 0.0218. The quantitative estimate of drug-likeness (QED) is 0.719. The van der Waals surface area contributed by atoms with Gasteiger partial charge in [0, 0.05) is 25.0 Å². The monoisotopic (exact) mass is 428 g/mol. The molecule has 2 aromatic rings. The molecule has 1 N–H and O–H groups in total. The number of aliphatic hydroxyl groups is 1. The second-order valence-electron chi connectivity index (χ2n) is 8.76. The Bertz CT molecular complexity index is 841. The average molecular weight is 429 g/mol. The van der Waals surface area contributed by atoms with Gasteiger partial charge in [-0.05, 0) is 31.5 Å². The van der Waals surface area contributed by atoms with Crippen molar-refractivity contribution in [1.29, 1.82) is 0 Å². The lowest BCUT2D eigenvalue weighted by Crippen LogP contribution is -2.65. The van der Waals surface area contributed by atoms with Crippen LogP contribution in [0.3, 0.4) is 0 Å². The lowest BCUT2D eigenvalue weighted by Gasteiger charge is -2.55. The minimum Gasteiger partial charge on any atom is -0.497 e. The number of hydrogen-bond acceptors (Lipinski definition) is 6. The van der Waals surface area contributed by atoms with Crippen molar-refractivity contribution in [3.8, 4) is 5.75 Å². The van der Waals surface area contributed by atoms with Crippen LogP contribution >= 0.6 is 0 Å². The minimum atomic E-state index is -0.640. The Morgan fingerprint density at radius 1 is 1.06 bits per heavy atom. The molecule has 6 nitrogen and oxygen atoms in total. The van der Waals surface area contributed by atoms with Crippen molar-refractivity contribution in [3.63, 3.8) is 0 Å². The summed E-state index contributed by atoms with van der Waals surface area (Å²) in [7, 11) is 1.65. The molecule has 2 aliphatic heterocycles. The first-order chi connectivity index (χ1) is 15.0. The molecular weight excluding hydrogens is 396 g/mol. The van der Waals surface area contributed by atoms with Gasteiger partial charge in [0.05, 0.1) is 38.1 Å². The standard InChI is InChI=1S/C25H32O6/c1-24(13-14-26)21(28-16-18-9-11-20(27-3)12-10-18)15-22-25(2,31-24)17-29-23(30-22)19-7-5-4-6-8-19/h4-12,21-23,26H,13-17H2,1-3H3/t21-,22+,23-,24+,25-/m1/s1. The molecule has 168 valence electrons. The van der Waals surface area contributed by atoms with Gasteiger partial charge in [0.15, 0.2) is 6.29 Å². The molecule has 0 bridgehead atoms. The zero-order chi connectivity index (χ0) is 21.9. The molecule has 2 aliphatic rings. The van der Waals surface area contributed by atoms with Gasteiger partial charge < -0.3 is 28.8 Å². The molecule has 2 saturated heterocycles. The molecule has 0 saturated carbocycles. The van der Waals surface area contributed by atoms with Gasteiger partial charge in [0.2, 0.25) is 0 Å². The summed E-state index contributed by atoms with van der Waals surface area (Å²) in [5, 5.41) is 9.70. The van der Waals surface area contributed by atoms with Crippen molar-refractivity contribution < 1.29 is 28.8 Å². The van der Waals surface area contributed by atoms with E-state index in [-0.39, 0.29) is 18.8 Å². The summed E-state index contributed by atoms with van der Waals surface area (Å²) in [6.07, 6.45) is 0.307. The summed E-state index contributed by atoms with van der Waals surface area (Å²) < 4.78 is 30.5. The zero-order valence-electron chi connectivity index (χ0n) is 18.5. The number of aliphatic hydroxyl groups excluding tert-OH is 1. The molecule has 0 aliphatic carbocycles. The maximum atomic E-state index is 9.70. The summed E-state index contributed by atoms with van der Waals surface area (Å²) in [5.74, 6) is 0.813. The van der Waals surface area contributed by atoms with E-state index >= 15 is 0 Å². The van der Waals surface area contributed by atoms with Crippen LogP contribution in [0.5, 0.6) is 5.75 Å². The van der Waals surface area contributed by atoms with Gasteiger partial charge in [-0.15, -0.1) is 0 Å². The van der Waals surface area contributed by atoms with Crippen molar-refractivity contribution in [1.82, 2.24) is 0 Å². The molecule has 0 radical (unpaired) electrons. The molecule has 2 fully saturated rings. The van der Waals surface area contributed by atoms with Crippen LogP contribution in [0.25, 0.3) is 0 Å². The van der Waals surface area contributed by atoms with Crippen LogP contribution in [0.4, 0.5) is 0 Å². The topological polar surface area (TPSA) is 66.4 Å². The Kier molecular flexibility index (Phi) is 6.65. The number of rotatable bonds is 7. The summed E-state index contributed by atoms with van der Waals surface area (Å²) in [4.78, 5) is 0. The maximum Gasteiger partial charge on any atom is 0.184 e. The number of hydrogen-bond donors (Lipinski definition) is 1. The average Bonchev–Trinajstić information content (AvgIpc) is 2.78. The van der Waals surface area contributed by atoms with Crippen molar-refractivity contribution in [2.24, 2.45) is 0 Å². The normalized spacial score (nSPS) is 33.0. The summed E-state index contributed by atoms with van der Waals surface area (Å²) >= 11 is 0. The van der Waals surface area contributed by atoms with Crippen LogP contribution in [0.1, 0.15) is 44.1 Å². The molecule has 31 heavy (non-hydrogen) atoms. The van der Waals surface area contributed by atoms with E-state index in [1.807, 2.05) is 68.4 Å². The van der Waals surface area contributed by atoms with E-state index in [1.54, 1.807) is 7.11 Å². The molecule has 4 rings (SSSR count). The second-order valence-corrected chi connectivity index (χ2v) is 8.76. The van der Waals surface area contributed by atoms with E-state index in [9.17, 15) is 5.11 Å². The van der Waals surface area contributed by atoms with Crippen molar-refractivity contribution >= 4 is 0 Å². The number of ether oxygens (including phenoxy) is 5. The Balaban J connectivity index is 1.49. The van der Waals surface area contributed by atoms with Crippen LogP contribution in [-0.4, -0.2) is 48.8 Å². The SMILES string of the molecule is COc1ccc(CO[C@@H]2C[C@@H]3O[C@H](c4ccccc4)OC[C@@]3(C)O[C@@]2(C)CCO)cc1. The first kappa shape index (κ1) is 22.2. The number of benzene rings is 2. The highest BCUT2D eigenvalue weighted by molar-refractivity contribution is 5.26. The van der Waals surface area contributed by atoms with Crippen LogP contribution in [0.15, 0.2) is 54.6 Å². The van der Waals surface area contributed by atoms with Gasteiger partial charge in [-0.25, -0.2) is 0 Å². The molecule has 0 amide bonds. The van der Waals surface area contributed by atoms with Crippen molar-refractivity contribution in [2.75, 3.05) is 20.3 Å². The fourth-order valence-corrected chi connectivity index (χ4v) is 4.49. The molecular formula is C25H32O6. The van der Waals surface area contributed by atoms with E-state index in [0.717, 1.165) is 16.9 Å². The summed E-state index contributed by atoms with van der Waals surface area (Å²) in [5.41, 5.74) is 0.799. The molecule has 5 atom stereocenters. The fraction of sp³-hybridized carbons (Fsp3) is 0.520. The first-order valence-electron chi connectivity index (χ1n) is 10.8. The van der Waals surface area contributed by atoms with Crippen molar-refractivity contribution in [3.05, 3.63) is 65.7 Å². The predicted octanol–water partition coefficient (Wildman–Crippen LogP) is 4.01. The van der Waals surface area contributed by atoms with Gasteiger partial charge in [0.25, 0.3) is 0 Å². The lowest BCUT2D eigenvalue weighted by atomic mass is 9.80. The van der Waals surface area contributed by atoms with E-state index < -0.39 is 17.5 Å². The molecule has 0 unspecified atom stereocenters. The number of fused-ring (bicyclic) bond motifs is 1. The van der Waals surface area contributed by atoms with Crippen molar-refractivity contribution in [2.45, 2.75) is 63.0 Å². The second kappa shape index (κ2) is 9.27. The Morgan fingerprint density at radius 3 is 2.48 bits per heavy atom. The van der Waals surface area contributed by atoms with E-state index in [2.05, 4.69) is 0 Å². The van der Waals surface area contributed by atoms with E-state index in [0.29, 0.717) is 26.1 Å². The van der Waals surface area contributed by atoms with Gasteiger partial charge >= 0.3 is 0 Å². The lowest BCUT2D eigenvalue weighted by molar-refractivity contribution is -0.362. The van der Waals surface area contributed by atoms with Gasteiger partial charge in [-0.2, -0.15) is 0 Å². The molecule has 2 heterocycles. The Labute approximate surface area is 184 Å². The highest BCUT2D eigenvalue weighted by Crippen LogP contribution is 2.45. The molecule has 0 aromatic heterocycles. The molecule has 2 aromatic carbocycles. The summed E-state index contributed by atoms with van der Waals surface area (Å²) in [6, 6.07) is 17.8. The smallest absolute Gasteiger partial charge is 0.184 e. The third kappa shape index (κ3) is 4.78. The Morgan fingerprint density at radius 2 is 1.81 bits per heavy atom. The van der Waals surface area contributed by atoms with E-state index in [4.69, 9.17) is 23.7 Å². The molecule has 0 spiro atoms. The van der Waals surface area contributed by atoms with Gasteiger partial charge in [-0.1, -0.05) is 42.5 Å². The highest BCUT2D eigenvalue weighted by atomic mass is 16.7.